The molecule has 0 spiro atoms. The fraction of sp³-hybridized carbons (Fsp3) is 0.800. The van der Waals surface area contributed by atoms with Crippen LogP contribution in [0.4, 0.5) is 0 Å². The Kier molecular flexibility index (Phi) is 2.91. The molecule has 1 rings (SSSR count). The molecule has 1 atom stereocenters. The van der Waals surface area contributed by atoms with Gasteiger partial charge < -0.3 is 10.4 Å². The molecule has 12 heavy (non-hydrogen) atoms. The van der Waals surface area contributed by atoms with Gasteiger partial charge in [-0.1, -0.05) is 25.5 Å². The van der Waals surface area contributed by atoms with Crippen LogP contribution in [0.25, 0.3) is 0 Å². The summed E-state index contributed by atoms with van der Waals surface area (Å²) in [6, 6.07) is 0. The van der Waals surface area contributed by atoms with Crippen LogP contribution in [0.3, 0.4) is 0 Å². The first-order chi connectivity index (χ1) is 5.51. The van der Waals surface area contributed by atoms with Gasteiger partial charge in [-0.05, 0) is 19.3 Å². The molecule has 1 aliphatic heterocycles. The number of β-amino-alcohol motifs (C(OH)–C–C–N with tert-alkyl or cyclic N) is 1. The highest BCUT2D eigenvalue weighted by molar-refractivity contribution is 5.11. The van der Waals surface area contributed by atoms with E-state index < -0.39 is 5.60 Å². The predicted octanol–water partition coefficient (Wildman–Crippen LogP) is 1.31. The van der Waals surface area contributed by atoms with Crippen molar-refractivity contribution < 1.29 is 5.11 Å². The first-order valence-electron chi connectivity index (χ1n) is 4.63. The molecule has 0 aromatic rings. The van der Waals surface area contributed by atoms with Crippen LogP contribution in [0.15, 0.2) is 11.6 Å². The number of nitrogens with one attached hydrogen (secondary N) is 1. The number of hydrogen-bond acceptors (Lipinski definition) is 2. The Morgan fingerprint density at radius 1 is 1.58 bits per heavy atom. The smallest absolute Gasteiger partial charge is 0.0780 e. The Morgan fingerprint density at radius 3 is 2.83 bits per heavy atom. The normalized spacial score (nSPS) is 31.6. The van der Waals surface area contributed by atoms with E-state index in [1.54, 1.807) is 0 Å². The average molecular weight is 169 g/mol. The molecular formula is C10H19NO. The molecule has 0 saturated carbocycles. The molecule has 70 valence electrons. The van der Waals surface area contributed by atoms with Gasteiger partial charge in [0.2, 0.25) is 0 Å². The van der Waals surface area contributed by atoms with E-state index in [9.17, 15) is 5.11 Å². The molecule has 0 fully saturated rings. The Hall–Kier alpha value is -0.340. The zero-order chi connectivity index (χ0) is 9.19. The van der Waals surface area contributed by atoms with Crippen molar-refractivity contribution >= 4 is 0 Å². The maximum atomic E-state index is 9.87. The third kappa shape index (κ3) is 2.61. The van der Waals surface area contributed by atoms with E-state index in [0.717, 1.165) is 13.0 Å². The van der Waals surface area contributed by atoms with Crippen molar-refractivity contribution in [2.24, 2.45) is 5.92 Å². The molecule has 0 aliphatic carbocycles. The van der Waals surface area contributed by atoms with Crippen LogP contribution in [0.1, 0.15) is 27.2 Å². The van der Waals surface area contributed by atoms with Crippen molar-refractivity contribution in [3.63, 3.8) is 0 Å². The molecule has 0 amide bonds. The van der Waals surface area contributed by atoms with Crippen LogP contribution in [0, 0.1) is 5.92 Å². The monoisotopic (exact) mass is 169 g/mol. The van der Waals surface area contributed by atoms with Crippen molar-refractivity contribution in [1.82, 2.24) is 5.32 Å². The van der Waals surface area contributed by atoms with Crippen molar-refractivity contribution in [3.8, 4) is 0 Å². The molecule has 1 aliphatic rings. The highest BCUT2D eigenvalue weighted by Gasteiger charge is 2.24. The number of hydrogen-bond donors (Lipinski definition) is 2. The SMILES string of the molecule is CC(C)C1=CCNC[C@@](C)(O)C1. The lowest BCUT2D eigenvalue weighted by Crippen LogP contribution is -2.36. The second-order valence-electron chi connectivity index (χ2n) is 4.24. The summed E-state index contributed by atoms with van der Waals surface area (Å²) in [4.78, 5) is 0. The van der Waals surface area contributed by atoms with Gasteiger partial charge in [0, 0.05) is 13.1 Å². The third-order valence-corrected chi connectivity index (χ3v) is 2.34. The molecule has 0 aromatic carbocycles. The first kappa shape index (κ1) is 9.75. The van der Waals surface area contributed by atoms with Gasteiger partial charge in [0.25, 0.3) is 0 Å². The predicted molar refractivity (Wildman–Crippen MR) is 51.0 cm³/mol. The van der Waals surface area contributed by atoms with Crippen LogP contribution in [0.5, 0.6) is 0 Å². The second-order valence-corrected chi connectivity index (χ2v) is 4.24. The zero-order valence-corrected chi connectivity index (χ0v) is 8.22. The first-order valence-corrected chi connectivity index (χ1v) is 4.63. The molecule has 0 bridgehead atoms. The van der Waals surface area contributed by atoms with Crippen LogP contribution in [-0.2, 0) is 0 Å². The zero-order valence-electron chi connectivity index (χ0n) is 8.22. The number of rotatable bonds is 1. The molecule has 0 aromatic heterocycles. The maximum Gasteiger partial charge on any atom is 0.0780 e. The van der Waals surface area contributed by atoms with E-state index >= 15 is 0 Å². The van der Waals surface area contributed by atoms with E-state index in [1.165, 1.54) is 5.57 Å². The molecule has 2 heteroatoms. The van der Waals surface area contributed by atoms with Gasteiger partial charge in [-0.25, -0.2) is 0 Å². The van der Waals surface area contributed by atoms with E-state index in [1.807, 2.05) is 6.92 Å². The number of aliphatic hydroxyl groups is 1. The van der Waals surface area contributed by atoms with E-state index in [-0.39, 0.29) is 0 Å². The summed E-state index contributed by atoms with van der Waals surface area (Å²) in [5, 5.41) is 13.1. The molecule has 0 radical (unpaired) electrons. The van der Waals surface area contributed by atoms with Crippen molar-refractivity contribution in [1.29, 1.82) is 0 Å². The van der Waals surface area contributed by atoms with Gasteiger partial charge in [-0.2, -0.15) is 0 Å². The minimum absolute atomic E-state index is 0.552. The van der Waals surface area contributed by atoms with Crippen LogP contribution in [-0.4, -0.2) is 23.8 Å². The topological polar surface area (TPSA) is 32.3 Å². The third-order valence-electron chi connectivity index (χ3n) is 2.34. The molecule has 2 N–H and O–H groups in total. The largest absolute Gasteiger partial charge is 0.389 e. The Labute approximate surface area is 74.7 Å². The molecule has 0 unspecified atom stereocenters. The summed E-state index contributed by atoms with van der Waals surface area (Å²) in [7, 11) is 0. The van der Waals surface area contributed by atoms with Gasteiger partial charge in [-0.3, -0.25) is 0 Å². The summed E-state index contributed by atoms with van der Waals surface area (Å²) in [5.41, 5.74) is 0.803. The summed E-state index contributed by atoms with van der Waals surface area (Å²) in [5.74, 6) is 0.552. The van der Waals surface area contributed by atoms with Crippen LogP contribution >= 0.6 is 0 Å². The highest BCUT2D eigenvalue weighted by atomic mass is 16.3. The average Bonchev–Trinajstić information content (AvgIpc) is 2.10. The lowest BCUT2D eigenvalue weighted by Gasteiger charge is -2.23. The molecule has 2 nitrogen and oxygen atoms in total. The Bertz CT molecular complexity index is 182. The van der Waals surface area contributed by atoms with E-state index in [2.05, 4.69) is 25.2 Å². The van der Waals surface area contributed by atoms with Gasteiger partial charge >= 0.3 is 0 Å². The van der Waals surface area contributed by atoms with Gasteiger partial charge in [0.1, 0.15) is 0 Å². The maximum absolute atomic E-state index is 9.87. The fourth-order valence-electron chi connectivity index (χ4n) is 1.56. The Morgan fingerprint density at radius 2 is 2.25 bits per heavy atom. The molecule has 0 saturated heterocycles. The standard InChI is InChI=1S/C10H19NO/c1-8(2)9-4-5-11-7-10(3,12)6-9/h4,8,11-12H,5-7H2,1-3H3/t10-/m0/s1. The highest BCUT2D eigenvalue weighted by Crippen LogP contribution is 2.23. The minimum Gasteiger partial charge on any atom is -0.389 e. The van der Waals surface area contributed by atoms with Crippen LogP contribution < -0.4 is 5.32 Å². The summed E-state index contributed by atoms with van der Waals surface area (Å²) in [6.07, 6.45) is 3.00. The Balaban J connectivity index is 2.68. The quantitative estimate of drug-likeness (QED) is 0.580. The van der Waals surface area contributed by atoms with Crippen LogP contribution in [0.2, 0.25) is 0 Å². The van der Waals surface area contributed by atoms with Gasteiger partial charge in [0.15, 0.2) is 0 Å². The van der Waals surface area contributed by atoms with Gasteiger partial charge in [-0.15, -0.1) is 0 Å². The molecule has 1 heterocycles. The summed E-state index contributed by atoms with van der Waals surface area (Å²) >= 11 is 0. The molecular weight excluding hydrogens is 150 g/mol. The summed E-state index contributed by atoms with van der Waals surface area (Å²) in [6.45, 7) is 7.82. The van der Waals surface area contributed by atoms with Gasteiger partial charge in [0.05, 0.1) is 5.60 Å². The fourth-order valence-corrected chi connectivity index (χ4v) is 1.56. The minimum atomic E-state index is -0.563. The van der Waals surface area contributed by atoms with Crippen molar-refractivity contribution in [2.75, 3.05) is 13.1 Å². The van der Waals surface area contributed by atoms with Crippen molar-refractivity contribution in [2.45, 2.75) is 32.8 Å². The lowest BCUT2D eigenvalue weighted by atomic mass is 9.91. The lowest BCUT2D eigenvalue weighted by molar-refractivity contribution is 0.0616. The van der Waals surface area contributed by atoms with E-state index in [0.29, 0.717) is 12.5 Å². The van der Waals surface area contributed by atoms with E-state index in [4.69, 9.17) is 0 Å². The second kappa shape index (κ2) is 3.58. The summed E-state index contributed by atoms with van der Waals surface area (Å²) < 4.78 is 0. The van der Waals surface area contributed by atoms with Crippen molar-refractivity contribution in [3.05, 3.63) is 11.6 Å².